The van der Waals surface area contributed by atoms with Crippen LogP contribution in [0.15, 0.2) is 36.9 Å². The van der Waals surface area contributed by atoms with Gasteiger partial charge in [0, 0.05) is 29.3 Å². The van der Waals surface area contributed by atoms with Gasteiger partial charge >= 0.3 is 0 Å². The molecule has 1 amide bonds. The molecule has 3 rings (SSSR count). The smallest absolute Gasteiger partial charge is 0.246 e. The molecule has 0 radical (unpaired) electrons. The minimum absolute atomic E-state index is 0.0197. The third-order valence-electron chi connectivity index (χ3n) is 3.27. The number of carbonyl (C=O) groups excluding carboxylic acids is 1. The number of nitrogens with one attached hydrogen (secondary N) is 2. The molecule has 2 aromatic rings. The van der Waals surface area contributed by atoms with E-state index in [4.69, 9.17) is 0 Å². The largest absolute Gasteiger partial charge is 0.324 e. The van der Waals surface area contributed by atoms with Crippen molar-refractivity contribution in [3.05, 3.63) is 42.5 Å². The Bertz CT molecular complexity index is 591. The number of hydrogen-bond acceptors (Lipinski definition) is 3. The van der Waals surface area contributed by atoms with Gasteiger partial charge in [-0.2, -0.15) is 0 Å². The fourth-order valence-electron chi connectivity index (χ4n) is 2.31. The van der Waals surface area contributed by atoms with E-state index in [0.717, 1.165) is 29.9 Å². The first kappa shape index (κ1) is 11.9. The van der Waals surface area contributed by atoms with Gasteiger partial charge in [-0.3, -0.25) is 4.79 Å². The van der Waals surface area contributed by atoms with Crippen molar-refractivity contribution in [3.63, 3.8) is 0 Å². The molecule has 98 valence electrons. The second-order valence-corrected chi connectivity index (χ2v) is 4.62. The first-order chi connectivity index (χ1) is 9.29. The van der Waals surface area contributed by atoms with Gasteiger partial charge in [0.15, 0.2) is 0 Å². The Kier molecular flexibility index (Phi) is 3.05. The fourth-order valence-corrected chi connectivity index (χ4v) is 2.31. The Balaban J connectivity index is 1.91. The zero-order valence-electron chi connectivity index (χ0n) is 10.8. The summed E-state index contributed by atoms with van der Waals surface area (Å²) < 4.78 is 1.92. The molecule has 5 heteroatoms. The summed E-state index contributed by atoms with van der Waals surface area (Å²) in [5.74, 6) is 0.0197. The van der Waals surface area contributed by atoms with Crippen LogP contribution >= 0.6 is 0 Å². The number of anilines is 1. The first-order valence-corrected chi connectivity index (χ1v) is 6.46. The predicted octanol–water partition coefficient (Wildman–Crippen LogP) is 1.87. The van der Waals surface area contributed by atoms with Crippen molar-refractivity contribution in [2.45, 2.75) is 19.4 Å². The summed E-state index contributed by atoms with van der Waals surface area (Å²) in [4.78, 5) is 16.0. The van der Waals surface area contributed by atoms with Gasteiger partial charge in [-0.15, -0.1) is 0 Å². The lowest BCUT2D eigenvalue weighted by atomic mass is 10.1. The maximum absolute atomic E-state index is 11.9. The lowest BCUT2D eigenvalue weighted by Gasteiger charge is -2.10. The number of rotatable bonds is 4. The molecule has 1 aromatic heterocycles. The molecule has 1 aliphatic heterocycles. The molecule has 0 bridgehead atoms. The molecule has 0 saturated carbocycles. The van der Waals surface area contributed by atoms with Gasteiger partial charge < -0.3 is 15.2 Å². The van der Waals surface area contributed by atoms with Crippen LogP contribution in [0.2, 0.25) is 0 Å². The summed E-state index contributed by atoms with van der Waals surface area (Å²) in [7, 11) is 0. The van der Waals surface area contributed by atoms with Gasteiger partial charge in [0.05, 0.1) is 6.33 Å². The van der Waals surface area contributed by atoms with E-state index >= 15 is 0 Å². The minimum Gasteiger partial charge on any atom is -0.324 e. The van der Waals surface area contributed by atoms with Crippen molar-refractivity contribution in [1.82, 2.24) is 14.9 Å². The summed E-state index contributed by atoms with van der Waals surface area (Å²) in [6, 6.07) is 5.74. The first-order valence-electron chi connectivity index (χ1n) is 6.46. The molecule has 0 aliphatic carbocycles. The molecule has 0 fully saturated rings. The SMILES string of the molecule is CCCNC1C(=O)Nc2cc(-n3ccnc3)ccc21. The highest BCUT2D eigenvalue weighted by atomic mass is 16.2. The second-order valence-electron chi connectivity index (χ2n) is 4.62. The molecule has 1 aliphatic rings. The summed E-state index contributed by atoms with van der Waals surface area (Å²) in [5, 5.41) is 6.18. The highest BCUT2D eigenvalue weighted by Gasteiger charge is 2.29. The van der Waals surface area contributed by atoms with Crippen molar-refractivity contribution >= 4 is 11.6 Å². The van der Waals surface area contributed by atoms with Gasteiger partial charge in [0.2, 0.25) is 5.91 Å². The van der Waals surface area contributed by atoms with E-state index in [1.807, 2.05) is 29.0 Å². The minimum atomic E-state index is -0.230. The quantitative estimate of drug-likeness (QED) is 0.878. The van der Waals surface area contributed by atoms with Crippen molar-refractivity contribution < 1.29 is 4.79 Å². The van der Waals surface area contributed by atoms with E-state index in [1.165, 1.54) is 0 Å². The lowest BCUT2D eigenvalue weighted by molar-refractivity contribution is -0.117. The van der Waals surface area contributed by atoms with E-state index in [9.17, 15) is 4.79 Å². The number of imidazole rings is 1. The molecular weight excluding hydrogens is 240 g/mol. The fraction of sp³-hybridized carbons (Fsp3) is 0.286. The molecule has 0 saturated heterocycles. The van der Waals surface area contributed by atoms with Crippen LogP contribution in [0.4, 0.5) is 5.69 Å². The van der Waals surface area contributed by atoms with Crippen molar-refractivity contribution in [2.75, 3.05) is 11.9 Å². The van der Waals surface area contributed by atoms with Crippen LogP contribution in [0.25, 0.3) is 5.69 Å². The molecule has 2 N–H and O–H groups in total. The van der Waals surface area contributed by atoms with Crippen molar-refractivity contribution in [1.29, 1.82) is 0 Å². The number of nitrogens with zero attached hydrogens (tertiary/aromatic N) is 2. The Hall–Kier alpha value is -2.14. The van der Waals surface area contributed by atoms with Crippen LogP contribution in [-0.2, 0) is 4.79 Å². The number of amides is 1. The number of fused-ring (bicyclic) bond motifs is 1. The third kappa shape index (κ3) is 2.13. The van der Waals surface area contributed by atoms with Crippen LogP contribution in [-0.4, -0.2) is 22.0 Å². The van der Waals surface area contributed by atoms with E-state index in [0.29, 0.717) is 0 Å². The molecule has 1 aromatic carbocycles. The zero-order valence-corrected chi connectivity index (χ0v) is 10.8. The molecule has 19 heavy (non-hydrogen) atoms. The summed E-state index contributed by atoms with van der Waals surface area (Å²) >= 11 is 0. The summed E-state index contributed by atoms with van der Waals surface area (Å²) in [6.07, 6.45) is 6.36. The molecule has 1 atom stereocenters. The molecule has 5 nitrogen and oxygen atoms in total. The summed E-state index contributed by atoms with van der Waals surface area (Å²) in [5.41, 5.74) is 2.89. The van der Waals surface area contributed by atoms with Crippen LogP contribution in [0.1, 0.15) is 24.9 Å². The van der Waals surface area contributed by atoms with Gasteiger partial charge in [0.1, 0.15) is 6.04 Å². The Morgan fingerprint density at radius 3 is 3.11 bits per heavy atom. The highest BCUT2D eigenvalue weighted by molar-refractivity contribution is 6.02. The van der Waals surface area contributed by atoms with E-state index < -0.39 is 0 Å². The molecule has 1 unspecified atom stereocenters. The topological polar surface area (TPSA) is 59.0 Å². The number of carbonyl (C=O) groups is 1. The van der Waals surface area contributed by atoms with Crippen LogP contribution in [0.3, 0.4) is 0 Å². The normalized spacial score (nSPS) is 17.3. The standard InChI is InChI=1S/C14H16N4O/c1-2-5-16-13-11-4-3-10(18-7-6-15-9-18)8-12(11)17-14(13)19/h3-4,6-9,13,16H,2,5H2,1H3,(H,17,19). The second kappa shape index (κ2) is 4.85. The Labute approximate surface area is 111 Å². The van der Waals surface area contributed by atoms with Gasteiger partial charge in [-0.05, 0) is 25.1 Å². The summed E-state index contributed by atoms with van der Waals surface area (Å²) in [6.45, 7) is 2.92. The van der Waals surface area contributed by atoms with Crippen molar-refractivity contribution in [3.8, 4) is 5.69 Å². The van der Waals surface area contributed by atoms with Gasteiger partial charge in [-0.25, -0.2) is 4.98 Å². The van der Waals surface area contributed by atoms with E-state index in [1.54, 1.807) is 12.5 Å². The predicted molar refractivity (Wildman–Crippen MR) is 73.2 cm³/mol. The number of hydrogen-bond donors (Lipinski definition) is 2. The van der Waals surface area contributed by atoms with Crippen LogP contribution < -0.4 is 10.6 Å². The van der Waals surface area contributed by atoms with Gasteiger partial charge in [-0.1, -0.05) is 13.0 Å². The van der Waals surface area contributed by atoms with Gasteiger partial charge in [0.25, 0.3) is 0 Å². The van der Waals surface area contributed by atoms with Crippen molar-refractivity contribution in [2.24, 2.45) is 0 Å². The van der Waals surface area contributed by atoms with Crippen LogP contribution in [0.5, 0.6) is 0 Å². The average molecular weight is 256 g/mol. The highest BCUT2D eigenvalue weighted by Crippen LogP contribution is 2.32. The van der Waals surface area contributed by atoms with Crippen LogP contribution in [0, 0.1) is 0 Å². The Morgan fingerprint density at radius 1 is 1.47 bits per heavy atom. The number of aromatic nitrogens is 2. The maximum atomic E-state index is 11.9. The van der Waals surface area contributed by atoms with E-state index in [-0.39, 0.29) is 11.9 Å². The lowest BCUT2D eigenvalue weighted by Crippen LogP contribution is -2.27. The maximum Gasteiger partial charge on any atom is 0.246 e. The number of benzene rings is 1. The zero-order chi connectivity index (χ0) is 13.2. The Morgan fingerprint density at radius 2 is 2.37 bits per heavy atom. The average Bonchev–Trinajstić information content (AvgIpc) is 3.03. The molecule has 0 spiro atoms. The molecular formula is C14H16N4O. The monoisotopic (exact) mass is 256 g/mol. The third-order valence-corrected chi connectivity index (χ3v) is 3.27. The molecule has 2 heterocycles. The van der Waals surface area contributed by atoms with E-state index in [2.05, 4.69) is 22.5 Å².